The molecule has 144 valence electrons. The normalized spacial score (nSPS) is 13.0. The van der Waals surface area contributed by atoms with E-state index in [1.165, 1.54) is 0 Å². The third-order valence-corrected chi connectivity index (χ3v) is 2.86. The van der Waals surface area contributed by atoms with Crippen molar-refractivity contribution in [2.75, 3.05) is 13.7 Å². The Morgan fingerprint density at radius 3 is 2.20 bits per heavy atom. The fourth-order valence-corrected chi connectivity index (χ4v) is 1.60. The Balaban J connectivity index is 0.000000697. The number of aliphatic hydroxyl groups is 1. The van der Waals surface area contributed by atoms with Crippen LogP contribution in [0.4, 0.5) is 13.2 Å². The molecule has 0 aliphatic heterocycles. The minimum Gasteiger partial charge on any atom is -0.508 e. The van der Waals surface area contributed by atoms with Gasteiger partial charge < -0.3 is 25.4 Å². The van der Waals surface area contributed by atoms with Crippen LogP contribution >= 0.6 is 0 Å². The zero-order valence-electron chi connectivity index (χ0n) is 14.5. The predicted octanol–water partition coefficient (Wildman–Crippen LogP) is 2.59. The number of hydrogen-bond donors (Lipinski definition) is 4. The fraction of sp³-hybridized carbons (Fsp3) is 0.562. The van der Waals surface area contributed by atoms with Gasteiger partial charge in [0.15, 0.2) is 0 Å². The standard InChI is InChI=1S/C14H23NO3.C2HF3O2/c1-14(2,3)15-8-13(17)10-5-6-12(16)11(7-10)9-18-4;3-2(4,5)1(6)7/h5-7,13,15-17H,8-9H2,1-4H3;(H,6,7). The maximum Gasteiger partial charge on any atom is 0.490 e. The number of β-amino-alcohol motifs (C(OH)–C–C–N with tert-alkyl or cyclic N) is 1. The van der Waals surface area contributed by atoms with Crippen molar-refractivity contribution in [2.45, 2.75) is 45.2 Å². The Hall–Kier alpha value is -1.84. The predicted molar refractivity (Wildman–Crippen MR) is 85.2 cm³/mol. The lowest BCUT2D eigenvalue weighted by molar-refractivity contribution is -0.192. The zero-order chi connectivity index (χ0) is 19.8. The van der Waals surface area contributed by atoms with Gasteiger partial charge in [0.1, 0.15) is 5.75 Å². The van der Waals surface area contributed by atoms with Crippen molar-refractivity contribution >= 4 is 5.97 Å². The first-order chi connectivity index (χ1) is 11.3. The Kier molecular flexibility index (Phi) is 8.89. The molecule has 1 aromatic rings. The van der Waals surface area contributed by atoms with Gasteiger partial charge in [-0.1, -0.05) is 6.07 Å². The molecule has 0 bridgehead atoms. The fourth-order valence-electron chi connectivity index (χ4n) is 1.60. The van der Waals surface area contributed by atoms with Crippen LogP contribution in [0, 0.1) is 0 Å². The summed E-state index contributed by atoms with van der Waals surface area (Å²) in [6.07, 6.45) is -5.68. The molecule has 0 saturated heterocycles. The average Bonchev–Trinajstić information content (AvgIpc) is 2.46. The van der Waals surface area contributed by atoms with E-state index in [0.29, 0.717) is 18.7 Å². The summed E-state index contributed by atoms with van der Waals surface area (Å²) >= 11 is 0. The van der Waals surface area contributed by atoms with Crippen LogP contribution in [-0.4, -0.2) is 46.7 Å². The minimum atomic E-state index is -5.08. The van der Waals surface area contributed by atoms with Crippen LogP contribution in [0.2, 0.25) is 0 Å². The quantitative estimate of drug-likeness (QED) is 0.639. The van der Waals surface area contributed by atoms with Crippen molar-refractivity contribution in [2.24, 2.45) is 0 Å². The summed E-state index contributed by atoms with van der Waals surface area (Å²) in [6.45, 7) is 6.95. The molecule has 0 fully saturated rings. The second kappa shape index (κ2) is 9.59. The number of rotatable bonds is 5. The van der Waals surface area contributed by atoms with Gasteiger partial charge in [-0.2, -0.15) is 13.2 Å². The molecule has 0 radical (unpaired) electrons. The molecule has 1 atom stereocenters. The van der Waals surface area contributed by atoms with Gasteiger partial charge >= 0.3 is 12.1 Å². The SMILES string of the molecule is COCc1cc(C(O)CNC(C)(C)C)ccc1O.O=C(O)C(F)(F)F. The molecule has 0 spiro atoms. The van der Waals surface area contributed by atoms with Gasteiger partial charge in [-0.25, -0.2) is 4.79 Å². The number of phenols is 1. The van der Waals surface area contributed by atoms with Crippen molar-refractivity contribution in [3.8, 4) is 5.75 Å². The van der Waals surface area contributed by atoms with Crippen molar-refractivity contribution in [1.29, 1.82) is 0 Å². The highest BCUT2D eigenvalue weighted by Crippen LogP contribution is 2.23. The second-order valence-electron chi connectivity index (χ2n) is 6.27. The number of aliphatic carboxylic acids is 1. The lowest BCUT2D eigenvalue weighted by Crippen LogP contribution is -2.38. The van der Waals surface area contributed by atoms with Gasteiger partial charge in [-0.05, 0) is 38.5 Å². The van der Waals surface area contributed by atoms with Crippen LogP contribution in [0.3, 0.4) is 0 Å². The van der Waals surface area contributed by atoms with Crippen LogP contribution in [0.5, 0.6) is 5.75 Å². The summed E-state index contributed by atoms with van der Waals surface area (Å²) in [5.41, 5.74) is 1.43. The molecule has 1 rings (SSSR count). The van der Waals surface area contributed by atoms with E-state index in [0.717, 1.165) is 5.56 Å². The molecule has 0 aliphatic carbocycles. The van der Waals surface area contributed by atoms with E-state index in [-0.39, 0.29) is 11.3 Å². The van der Waals surface area contributed by atoms with Gasteiger partial charge in [0.2, 0.25) is 0 Å². The lowest BCUT2D eigenvalue weighted by atomic mass is 10.0. The number of ether oxygens (including phenoxy) is 1. The van der Waals surface area contributed by atoms with Gasteiger partial charge in [0.25, 0.3) is 0 Å². The molecule has 9 heteroatoms. The molecule has 0 saturated carbocycles. The maximum atomic E-state index is 10.6. The highest BCUT2D eigenvalue weighted by atomic mass is 19.4. The second-order valence-corrected chi connectivity index (χ2v) is 6.27. The average molecular weight is 367 g/mol. The Labute approximate surface area is 144 Å². The summed E-state index contributed by atoms with van der Waals surface area (Å²) in [4.78, 5) is 8.90. The smallest absolute Gasteiger partial charge is 0.490 e. The van der Waals surface area contributed by atoms with Gasteiger partial charge in [-0.15, -0.1) is 0 Å². The van der Waals surface area contributed by atoms with E-state index in [1.807, 2.05) is 20.8 Å². The van der Waals surface area contributed by atoms with Crippen LogP contribution in [0.1, 0.15) is 38.0 Å². The molecule has 0 heterocycles. The number of aromatic hydroxyl groups is 1. The molecular formula is C16H24F3NO5. The number of halogens is 3. The molecule has 1 aromatic carbocycles. The van der Waals surface area contributed by atoms with Crippen LogP contribution in [0.25, 0.3) is 0 Å². The number of nitrogens with one attached hydrogen (secondary N) is 1. The van der Waals surface area contributed by atoms with Gasteiger partial charge in [0.05, 0.1) is 12.7 Å². The van der Waals surface area contributed by atoms with E-state index in [2.05, 4.69) is 5.32 Å². The Morgan fingerprint density at radius 2 is 1.80 bits per heavy atom. The zero-order valence-corrected chi connectivity index (χ0v) is 14.5. The van der Waals surface area contributed by atoms with Crippen molar-refractivity contribution in [3.63, 3.8) is 0 Å². The number of methoxy groups -OCH3 is 1. The topological polar surface area (TPSA) is 99.0 Å². The van der Waals surface area contributed by atoms with Crippen LogP contribution in [0.15, 0.2) is 18.2 Å². The molecule has 6 nitrogen and oxygen atoms in total. The molecule has 0 aromatic heterocycles. The Morgan fingerprint density at radius 1 is 1.28 bits per heavy atom. The number of phenolic OH excluding ortho intramolecular Hbond substituents is 1. The summed E-state index contributed by atoms with van der Waals surface area (Å²) < 4.78 is 36.7. The van der Waals surface area contributed by atoms with E-state index in [9.17, 15) is 23.4 Å². The van der Waals surface area contributed by atoms with Crippen LogP contribution in [-0.2, 0) is 16.1 Å². The number of alkyl halides is 3. The first-order valence-corrected chi connectivity index (χ1v) is 7.32. The van der Waals surface area contributed by atoms with E-state index in [1.54, 1.807) is 25.3 Å². The number of aliphatic hydroxyl groups excluding tert-OH is 1. The first kappa shape index (κ1) is 23.2. The lowest BCUT2D eigenvalue weighted by Gasteiger charge is -2.23. The number of carboxylic acids is 1. The molecule has 25 heavy (non-hydrogen) atoms. The third kappa shape index (κ3) is 9.90. The minimum absolute atomic E-state index is 0.0345. The summed E-state index contributed by atoms with van der Waals surface area (Å²) in [7, 11) is 1.57. The van der Waals surface area contributed by atoms with E-state index in [4.69, 9.17) is 14.6 Å². The summed E-state index contributed by atoms with van der Waals surface area (Å²) in [5.74, 6) is -2.57. The Bertz CT molecular complexity index is 556. The van der Waals surface area contributed by atoms with Gasteiger partial charge in [-0.3, -0.25) is 0 Å². The van der Waals surface area contributed by atoms with Crippen molar-refractivity contribution < 1.29 is 38.0 Å². The van der Waals surface area contributed by atoms with Gasteiger partial charge in [0, 0.05) is 24.8 Å². The number of hydrogen-bond acceptors (Lipinski definition) is 5. The third-order valence-electron chi connectivity index (χ3n) is 2.86. The molecule has 0 aliphatic rings. The number of benzene rings is 1. The summed E-state index contributed by atoms with van der Waals surface area (Å²) in [5, 5.41) is 30.1. The molecule has 0 amide bonds. The highest BCUT2D eigenvalue weighted by Gasteiger charge is 2.38. The number of carboxylic acid groups (broad SMARTS) is 1. The van der Waals surface area contributed by atoms with Crippen molar-refractivity contribution in [3.05, 3.63) is 29.3 Å². The molecule has 1 unspecified atom stereocenters. The summed E-state index contributed by atoms with van der Waals surface area (Å²) in [6, 6.07) is 5.08. The number of carbonyl (C=O) groups is 1. The first-order valence-electron chi connectivity index (χ1n) is 7.32. The van der Waals surface area contributed by atoms with Crippen molar-refractivity contribution in [1.82, 2.24) is 5.32 Å². The molecule has 4 N–H and O–H groups in total. The highest BCUT2D eigenvalue weighted by molar-refractivity contribution is 5.73. The monoisotopic (exact) mass is 367 g/mol. The van der Waals surface area contributed by atoms with E-state index < -0.39 is 18.2 Å². The van der Waals surface area contributed by atoms with Crippen LogP contribution < -0.4 is 5.32 Å². The molecular weight excluding hydrogens is 343 g/mol. The van der Waals surface area contributed by atoms with E-state index >= 15 is 0 Å². The maximum absolute atomic E-state index is 10.6. The largest absolute Gasteiger partial charge is 0.508 e.